The molecular weight excluding hydrogens is 895 g/mol. The summed E-state index contributed by atoms with van der Waals surface area (Å²) in [7, 11) is 0. The monoisotopic (exact) mass is 962 g/mol. The summed E-state index contributed by atoms with van der Waals surface area (Å²) in [4.78, 5) is 99.8. The van der Waals surface area contributed by atoms with E-state index in [1.807, 2.05) is 72.8 Å². The highest BCUT2D eigenvalue weighted by atomic mass is 16.4. The van der Waals surface area contributed by atoms with E-state index in [1.165, 1.54) is 0 Å². The van der Waals surface area contributed by atoms with Crippen LogP contribution in [-0.2, 0) is 46.4 Å². The number of aliphatic imine (C=N–C) groups is 1. The highest BCUT2D eigenvalue weighted by molar-refractivity contribution is 5.98. The van der Waals surface area contributed by atoms with Crippen molar-refractivity contribution in [3.63, 3.8) is 0 Å². The molecule has 19 nitrogen and oxygen atoms in total. The van der Waals surface area contributed by atoms with E-state index in [-0.39, 0.29) is 63.4 Å². The van der Waals surface area contributed by atoms with Crippen LogP contribution < -0.4 is 55.3 Å². The van der Waals surface area contributed by atoms with E-state index in [4.69, 9.17) is 28.7 Å². The van der Waals surface area contributed by atoms with Crippen LogP contribution in [0.1, 0.15) is 86.8 Å². The number of carboxylic acids is 1. The smallest absolute Gasteiger partial charge is 0.305 e. The van der Waals surface area contributed by atoms with E-state index in [0.717, 1.165) is 16.3 Å². The fraction of sp³-hybridized carbons (Fsp3) is 0.412. The Balaban J connectivity index is 1.45. The average Bonchev–Trinajstić information content (AvgIpc) is 3.34. The van der Waals surface area contributed by atoms with Crippen LogP contribution in [0.15, 0.2) is 108 Å². The third-order valence-electron chi connectivity index (χ3n) is 12.6. The van der Waals surface area contributed by atoms with Gasteiger partial charge in [-0.25, -0.2) is 0 Å². The predicted octanol–water partition coefficient (Wildman–Crippen LogP) is 1.25. The van der Waals surface area contributed by atoms with Gasteiger partial charge in [0.15, 0.2) is 5.96 Å². The van der Waals surface area contributed by atoms with E-state index in [9.17, 15) is 38.7 Å². The lowest BCUT2D eigenvalue weighted by Crippen LogP contribution is -2.65. The van der Waals surface area contributed by atoms with Gasteiger partial charge in [0.2, 0.25) is 35.4 Å². The zero-order valence-corrected chi connectivity index (χ0v) is 39.3. The van der Waals surface area contributed by atoms with Crippen molar-refractivity contribution in [3.05, 3.63) is 120 Å². The van der Waals surface area contributed by atoms with Gasteiger partial charge in [0.05, 0.1) is 12.5 Å². The van der Waals surface area contributed by atoms with Gasteiger partial charge < -0.3 is 60.4 Å². The SMILES string of the molecule is NCCCC[C@H](NC(=O)[C@H](Cc1ccc2ccccc2c1)NC(=O)[C@H](CCCN=C(N)N)NC(=O)[C@@H](Cc1ccccc1)NC(=O)C1(NC(=O)[C@@H](N)CC(=O)O)CCC(c2ccccc2)CC1)C(N)=O. The average molecular weight is 962 g/mol. The molecule has 1 fully saturated rings. The maximum atomic E-state index is 14.8. The molecule has 6 amide bonds. The highest BCUT2D eigenvalue weighted by Crippen LogP contribution is 2.38. The van der Waals surface area contributed by atoms with E-state index in [1.54, 1.807) is 30.3 Å². The van der Waals surface area contributed by atoms with Gasteiger partial charge in [-0.05, 0) is 97.7 Å². The number of aliphatic carboxylic acids is 1. The first kappa shape index (κ1) is 53.6. The fourth-order valence-electron chi connectivity index (χ4n) is 8.72. The minimum atomic E-state index is -1.58. The number of amides is 6. The second kappa shape index (κ2) is 26.4. The number of guanidine groups is 1. The zero-order chi connectivity index (χ0) is 50.6. The van der Waals surface area contributed by atoms with Gasteiger partial charge in [-0.15, -0.1) is 0 Å². The second-order valence-corrected chi connectivity index (χ2v) is 17.9. The Labute approximate surface area is 407 Å². The number of fused-ring (bicyclic) bond motifs is 1. The van der Waals surface area contributed by atoms with Crippen molar-refractivity contribution >= 4 is 58.1 Å². The van der Waals surface area contributed by atoms with Crippen molar-refractivity contribution in [1.82, 2.24) is 26.6 Å². The molecule has 4 aromatic carbocycles. The number of nitrogens with two attached hydrogens (primary N) is 5. The number of unbranched alkanes of at least 4 members (excludes halogenated alkanes) is 1. The number of carboxylic acid groups (broad SMARTS) is 1. The fourth-order valence-corrected chi connectivity index (χ4v) is 8.72. The van der Waals surface area contributed by atoms with Gasteiger partial charge in [-0.3, -0.25) is 38.6 Å². The third kappa shape index (κ3) is 16.1. The van der Waals surface area contributed by atoms with Gasteiger partial charge in [0, 0.05) is 19.4 Å². The van der Waals surface area contributed by atoms with E-state index >= 15 is 0 Å². The summed E-state index contributed by atoms with van der Waals surface area (Å²) in [5.41, 5.74) is 29.4. The molecule has 1 saturated carbocycles. The van der Waals surface area contributed by atoms with Crippen LogP contribution in [0.25, 0.3) is 10.8 Å². The van der Waals surface area contributed by atoms with E-state index < -0.39 is 83.6 Å². The summed E-state index contributed by atoms with van der Waals surface area (Å²) in [6.07, 6.45) is 2.02. The Bertz CT molecular complexity index is 2440. The van der Waals surface area contributed by atoms with Crippen LogP contribution in [0.2, 0.25) is 0 Å². The Morgan fingerprint density at radius 3 is 1.81 bits per heavy atom. The number of primary amides is 1. The molecule has 0 saturated heterocycles. The topological polar surface area (TPSA) is 342 Å². The lowest BCUT2D eigenvalue weighted by Gasteiger charge is -2.41. The Kier molecular flexibility index (Phi) is 20.2. The van der Waals surface area contributed by atoms with Crippen LogP contribution in [0.5, 0.6) is 0 Å². The lowest BCUT2D eigenvalue weighted by atomic mass is 9.73. The van der Waals surface area contributed by atoms with Crippen molar-refractivity contribution in [2.75, 3.05) is 13.1 Å². The molecule has 0 spiro atoms. The third-order valence-corrected chi connectivity index (χ3v) is 12.6. The summed E-state index contributed by atoms with van der Waals surface area (Å²) in [6.45, 7) is 0.467. The molecule has 0 aliphatic heterocycles. The number of rotatable bonds is 26. The van der Waals surface area contributed by atoms with Crippen LogP contribution >= 0.6 is 0 Å². The number of benzene rings is 4. The molecule has 0 bridgehead atoms. The van der Waals surface area contributed by atoms with Crippen molar-refractivity contribution in [1.29, 1.82) is 0 Å². The molecule has 5 atom stereocenters. The predicted molar refractivity (Wildman–Crippen MR) is 266 cm³/mol. The van der Waals surface area contributed by atoms with Gasteiger partial charge in [0.25, 0.3) is 0 Å². The highest BCUT2D eigenvalue weighted by Gasteiger charge is 2.45. The Morgan fingerprint density at radius 2 is 1.19 bits per heavy atom. The molecule has 70 heavy (non-hydrogen) atoms. The second-order valence-electron chi connectivity index (χ2n) is 17.9. The first-order valence-electron chi connectivity index (χ1n) is 23.7. The number of hydrogen-bond donors (Lipinski definition) is 11. The summed E-state index contributed by atoms with van der Waals surface area (Å²) in [5.74, 6) is -5.90. The van der Waals surface area contributed by atoms with Crippen molar-refractivity contribution in [3.8, 4) is 0 Å². The maximum absolute atomic E-state index is 14.8. The number of carbonyl (C=O) groups is 7. The van der Waals surface area contributed by atoms with Gasteiger partial charge >= 0.3 is 5.97 Å². The summed E-state index contributed by atoms with van der Waals surface area (Å²) >= 11 is 0. The molecule has 0 aromatic heterocycles. The first-order chi connectivity index (χ1) is 33.6. The molecule has 16 N–H and O–H groups in total. The molecule has 0 unspecified atom stereocenters. The summed E-state index contributed by atoms with van der Waals surface area (Å²) in [5, 5.41) is 25.2. The molecule has 374 valence electrons. The molecule has 19 heteroatoms. The summed E-state index contributed by atoms with van der Waals surface area (Å²) in [6, 6.07) is 25.4. The minimum Gasteiger partial charge on any atom is -0.481 e. The Morgan fingerprint density at radius 1 is 0.629 bits per heavy atom. The zero-order valence-electron chi connectivity index (χ0n) is 39.3. The number of nitrogens with one attached hydrogen (secondary N) is 5. The standard InChI is InChI=1S/C51H67N11O8/c52-26-10-9-18-39(44(54)65)58-47(68)41(30-33-20-21-35-16-7-8-17-37(35)28-33)60-46(67)40(19-11-27-57-50(55)56)59-48(69)42(29-32-12-3-1-4-13-32)61-49(70)51(62-45(66)38(53)31-43(63)64)24-22-36(23-25-51)34-14-5-2-6-15-34/h1-8,12-17,20-21,28,36,38-42H,9-11,18-19,22-27,29-31,52-53H2,(H2,54,65)(H,58,68)(H,59,69)(H,60,67)(H,61,70)(H,62,66)(H,63,64)(H4,55,56,57)/t36?,38-,39-,40-,41-,42+,51?/m0/s1. The molecule has 1 aliphatic rings. The largest absolute Gasteiger partial charge is 0.481 e. The molecule has 5 rings (SSSR count). The van der Waals surface area contributed by atoms with Crippen molar-refractivity contribution in [2.24, 2.45) is 33.7 Å². The molecule has 0 radical (unpaired) electrons. The lowest BCUT2D eigenvalue weighted by molar-refractivity contribution is -0.141. The Hall–Kier alpha value is -7.38. The molecule has 4 aromatic rings. The number of nitrogens with zero attached hydrogens (tertiary/aromatic N) is 1. The van der Waals surface area contributed by atoms with Crippen LogP contribution in [0, 0.1) is 0 Å². The maximum Gasteiger partial charge on any atom is 0.305 e. The van der Waals surface area contributed by atoms with Gasteiger partial charge in [-0.2, -0.15) is 0 Å². The van der Waals surface area contributed by atoms with E-state index in [0.29, 0.717) is 43.4 Å². The summed E-state index contributed by atoms with van der Waals surface area (Å²) < 4.78 is 0. The van der Waals surface area contributed by atoms with E-state index in [2.05, 4.69) is 31.6 Å². The quantitative estimate of drug-likeness (QED) is 0.0241. The van der Waals surface area contributed by atoms with Gasteiger partial charge in [-0.1, -0.05) is 103 Å². The van der Waals surface area contributed by atoms with Crippen LogP contribution in [-0.4, -0.2) is 101 Å². The van der Waals surface area contributed by atoms with Crippen molar-refractivity contribution in [2.45, 2.75) is 119 Å². The van der Waals surface area contributed by atoms with Gasteiger partial charge in [0.1, 0.15) is 29.7 Å². The normalized spacial score (nSPS) is 17.6. The minimum absolute atomic E-state index is 0.00684. The van der Waals surface area contributed by atoms with Crippen LogP contribution in [0.3, 0.4) is 0 Å². The number of carbonyl (C=O) groups excluding carboxylic acids is 6. The first-order valence-corrected chi connectivity index (χ1v) is 23.7. The van der Waals surface area contributed by atoms with Crippen LogP contribution in [0.4, 0.5) is 0 Å². The molecule has 0 heterocycles. The molecule has 1 aliphatic carbocycles. The molecular formula is C51H67N11O8. The van der Waals surface area contributed by atoms with Crippen molar-refractivity contribution < 1.29 is 38.7 Å². The number of hydrogen-bond acceptors (Lipinski definition) is 10.